The standard InChI is InChI=1S/C15H23NO2/c1-3-4-5-6-7-12-18-14-10-8-13(9-11-14)15(17)16-2/h8-11H,3-7,12H2,1-2H3,(H,16,17). The number of amides is 1. The first-order valence-corrected chi connectivity index (χ1v) is 6.73. The smallest absolute Gasteiger partial charge is 0.251 e. The van der Waals surface area contributed by atoms with Crippen LogP contribution in [0.3, 0.4) is 0 Å². The Morgan fingerprint density at radius 2 is 1.78 bits per heavy atom. The van der Waals surface area contributed by atoms with Gasteiger partial charge in [-0.2, -0.15) is 0 Å². The zero-order chi connectivity index (χ0) is 13.2. The minimum Gasteiger partial charge on any atom is -0.494 e. The van der Waals surface area contributed by atoms with E-state index in [9.17, 15) is 4.79 Å². The van der Waals surface area contributed by atoms with Crippen molar-refractivity contribution in [2.75, 3.05) is 13.7 Å². The van der Waals surface area contributed by atoms with Crippen molar-refractivity contribution in [3.05, 3.63) is 29.8 Å². The highest BCUT2D eigenvalue weighted by Crippen LogP contribution is 2.13. The average molecular weight is 249 g/mol. The van der Waals surface area contributed by atoms with Crippen LogP contribution in [0.5, 0.6) is 5.75 Å². The molecular weight excluding hydrogens is 226 g/mol. The molecule has 0 unspecified atom stereocenters. The molecule has 0 saturated carbocycles. The fourth-order valence-electron chi connectivity index (χ4n) is 1.74. The molecular formula is C15H23NO2. The van der Waals surface area contributed by atoms with Crippen LogP contribution in [-0.4, -0.2) is 19.6 Å². The van der Waals surface area contributed by atoms with Gasteiger partial charge in [0.25, 0.3) is 5.91 Å². The highest BCUT2D eigenvalue weighted by atomic mass is 16.5. The van der Waals surface area contributed by atoms with E-state index in [0.717, 1.165) is 18.8 Å². The lowest BCUT2D eigenvalue weighted by Gasteiger charge is -2.06. The van der Waals surface area contributed by atoms with E-state index >= 15 is 0 Å². The SMILES string of the molecule is CCCCCCCOc1ccc(C(=O)NC)cc1. The van der Waals surface area contributed by atoms with Crippen molar-refractivity contribution >= 4 is 5.91 Å². The Balaban J connectivity index is 2.25. The Bertz CT molecular complexity index is 346. The summed E-state index contributed by atoms with van der Waals surface area (Å²) in [7, 11) is 1.63. The number of carbonyl (C=O) groups is 1. The Morgan fingerprint density at radius 1 is 1.11 bits per heavy atom. The summed E-state index contributed by atoms with van der Waals surface area (Å²) in [6.07, 6.45) is 6.18. The lowest BCUT2D eigenvalue weighted by Crippen LogP contribution is -2.17. The third-order valence-corrected chi connectivity index (χ3v) is 2.86. The van der Waals surface area contributed by atoms with Gasteiger partial charge >= 0.3 is 0 Å². The highest BCUT2D eigenvalue weighted by molar-refractivity contribution is 5.94. The molecule has 0 fully saturated rings. The topological polar surface area (TPSA) is 38.3 Å². The number of nitrogens with one attached hydrogen (secondary N) is 1. The van der Waals surface area contributed by atoms with Gasteiger partial charge in [0.15, 0.2) is 0 Å². The number of unbranched alkanes of at least 4 members (excludes halogenated alkanes) is 4. The van der Waals surface area contributed by atoms with Gasteiger partial charge in [0, 0.05) is 12.6 Å². The van der Waals surface area contributed by atoms with Gasteiger partial charge in [0.05, 0.1) is 6.61 Å². The number of benzene rings is 1. The summed E-state index contributed by atoms with van der Waals surface area (Å²) in [4.78, 5) is 11.3. The Kier molecular flexibility index (Phi) is 6.92. The molecule has 0 bridgehead atoms. The molecule has 1 amide bonds. The second-order valence-electron chi connectivity index (χ2n) is 4.37. The van der Waals surface area contributed by atoms with Gasteiger partial charge in [-0.15, -0.1) is 0 Å². The third-order valence-electron chi connectivity index (χ3n) is 2.86. The van der Waals surface area contributed by atoms with Crippen molar-refractivity contribution in [1.29, 1.82) is 0 Å². The molecule has 1 aromatic carbocycles. The maximum Gasteiger partial charge on any atom is 0.251 e. The lowest BCUT2D eigenvalue weighted by atomic mass is 10.2. The van der Waals surface area contributed by atoms with Crippen LogP contribution in [0.4, 0.5) is 0 Å². The van der Waals surface area contributed by atoms with E-state index in [1.165, 1.54) is 25.7 Å². The summed E-state index contributed by atoms with van der Waals surface area (Å²) in [5.74, 6) is 0.763. The molecule has 0 aliphatic rings. The van der Waals surface area contributed by atoms with Crippen LogP contribution in [0.25, 0.3) is 0 Å². The fraction of sp³-hybridized carbons (Fsp3) is 0.533. The second kappa shape index (κ2) is 8.56. The molecule has 0 radical (unpaired) electrons. The van der Waals surface area contributed by atoms with Gasteiger partial charge in [-0.3, -0.25) is 4.79 Å². The summed E-state index contributed by atoms with van der Waals surface area (Å²) >= 11 is 0. The van der Waals surface area contributed by atoms with E-state index in [4.69, 9.17) is 4.74 Å². The molecule has 3 heteroatoms. The molecule has 0 saturated heterocycles. The van der Waals surface area contributed by atoms with Crippen LogP contribution in [0, 0.1) is 0 Å². The molecule has 0 aliphatic heterocycles. The van der Waals surface area contributed by atoms with Crippen molar-refractivity contribution in [3.63, 3.8) is 0 Å². The van der Waals surface area contributed by atoms with Crippen LogP contribution < -0.4 is 10.1 Å². The molecule has 0 heterocycles. The van der Waals surface area contributed by atoms with Crippen LogP contribution in [-0.2, 0) is 0 Å². The van der Waals surface area contributed by atoms with Crippen LogP contribution in [0.2, 0.25) is 0 Å². The molecule has 0 atom stereocenters. The number of rotatable bonds is 8. The quantitative estimate of drug-likeness (QED) is 0.717. The predicted octanol–water partition coefficient (Wildman–Crippen LogP) is 3.40. The summed E-state index contributed by atoms with van der Waals surface area (Å²) in [5.41, 5.74) is 0.660. The zero-order valence-electron chi connectivity index (χ0n) is 11.4. The molecule has 3 nitrogen and oxygen atoms in total. The summed E-state index contributed by atoms with van der Waals surface area (Å²) in [6, 6.07) is 7.25. The highest BCUT2D eigenvalue weighted by Gasteiger charge is 2.02. The van der Waals surface area contributed by atoms with E-state index in [2.05, 4.69) is 12.2 Å². The maximum absolute atomic E-state index is 11.3. The fourth-order valence-corrected chi connectivity index (χ4v) is 1.74. The van der Waals surface area contributed by atoms with Crippen molar-refractivity contribution < 1.29 is 9.53 Å². The molecule has 0 aliphatic carbocycles. The first-order valence-electron chi connectivity index (χ1n) is 6.73. The Morgan fingerprint density at radius 3 is 2.39 bits per heavy atom. The van der Waals surface area contributed by atoms with Crippen molar-refractivity contribution in [2.24, 2.45) is 0 Å². The van der Waals surface area contributed by atoms with Crippen molar-refractivity contribution in [1.82, 2.24) is 5.32 Å². The summed E-state index contributed by atoms with van der Waals surface area (Å²) in [5, 5.41) is 2.59. The van der Waals surface area contributed by atoms with Gasteiger partial charge in [-0.25, -0.2) is 0 Å². The first-order chi connectivity index (χ1) is 8.77. The van der Waals surface area contributed by atoms with Gasteiger partial charge < -0.3 is 10.1 Å². The summed E-state index contributed by atoms with van der Waals surface area (Å²) < 4.78 is 5.62. The predicted molar refractivity (Wildman–Crippen MR) is 74.1 cm³/mol. The molecule has 0 spiro atoms. The minimum atomic E-state index is -0.0684. The number of hydrogen-bond donors (Lipinski definition) is 1. The van der Waals surface area contributed by atoms with E-state index in [1.54, 1.807) is 19.2 Å². The number of ether oxygens (including phenoxy) is 1. The Labute approximate surface area is 110 Å². The third kappa shape index (κ3) is 5.21. The van der Waals surface area contributed by atoms with Crippen LogP contribution in [0.1, 0.15) is 49.4 Å². The van der Waals surface area contributed by atoms with Gasteiger partial charge in [0.1, 0.15) is 5.75 Å². The normalized spacial score (nSPS) is 10.1. The van der Waals surface area contributed by atoms with Crippen LogP contribution in [0.15, 0.2) is 24.3 Å². The maximum atomic E-state index is 11.3. The van der Waals surface area contributed by atoms with Crippen molar-refractivity contribution in [3.8, 4) is 5.75 Å². The lowest BCUT2D eigenvalue weighted by molar-refractivity contribution is 0.0963. The zero-order valence-corrected chi connectivity index (χ0v) is 11.4. The molecule has 1 rings (SSSR count). The summed E-state index contributed by atoms with van der Waals surface area (Å²) in [6.45, 7) is 2.97. The van der Waals surface area contributed by atoms with Gasteiger partial charge in [-0.05, 0) is 30.7 Å². The molecule has 0 aromatic heterocycles. The van der Waals surface area contributed by atoms with Crippen LogP contribution >= 0.6 is 0 Å². The monoisotopic (exact) mass is 249 g/mol. The molecule has 1 aromatic rings. The minimum absolute atomic E-state index is 0.0684. The molecule has 1 N–H and O–H groups in total. The first kappa shape index (κ1) is 14.6. The second-order valence-corrected chi connectivity index (χ2v) is 4.37. The van der Waals surface area contributed by atoms with E-state index in [-0.39, 0.29) is 5.91 Å². The van der Waals surface area contributed by atoms with Gasteiger partial charge in [0.2, 0.25) is 0 Å². The van der Waals surface area contributed by atoms with Gasteiger partial charge in [-0.1, -0.05) is 32.6 Å². The largest absolute Gasteiger partial charge is 0.494 e. The molecule has 18 heavy (non-hydrogen) atoms. The van der Waals surface area contributed by atoms with Crippen molar-refractivity contribution in [2.45, 2.75) is 39.0 Å². The molecule has 100 valence electrons. The number of carbonyl (C=O) groups excluding carboxylic acids is 1. The Hall–Kier alpha value is -1.51. The van der Waals surface area contributed by atoms with E-state index in [1.807, 2.05) is 12.1 Å². The van der Waals surface area contributed by atoms with E-state index in [0.29, 0.717) is 5.56 Å². The average Bonchev–Trinajstić information content (AvgIpc) is 2.42. The number of hydrogen-bond acceptors (Lipinski definition) is 2. The van der Waals surface area contributed by atoms with E-state index < -0.39 is 0 Å².